The molecule has 27 heavy (non-hydrogen) atoms. The maximum Gasteiger partial charge on any atom is 0.329 e. The number of carboxylic acids is 1. The molecular weight excluding hydrogens is 366 g/mol. The predicted octanol–water partition coefficient (Wildman–Crippen LogP) is 3.26. The Morgan fingerprint density at radius 1 is 1.00 bits per heavy atom. The van der Waals surface area contributed by atoms with E-state index in [1.54, 1.807) is 0 Å². The number of carbonyl (C=O) groups excluding carboxylic acids is 1. The van der Waals surface area contributed by atoms with Crippen LogP contribution in [0.15, 0.2) is 29.2 Å². The fraction of sp³-hybridized carbons (Fsp3) is 0.600. The smallest absolute Gasteiger partial charge is 0.329 e. The summed E-state index contributed by atoms with van der Waals surface area (Å²) in [5.74, 6) is -1.36. The maximum atomic E-state index is 12.9. The van der Waals surface area contributed by atoms with Gasteiger partial charge in [-0.05, 0) is 49.9 Å². The molecular formula is C20H27NO5S. The quantitative estimate of drug-likeness (QED) is 0.829. The van der Waals surface area contributed by atoms with Gasteiger partial charge in [-0.2, -0.15) is 0 Å². The van der Waals surface area contributed by atoms with Crippen LogP contribution in [0.2, 0.25) is 0 Å². The van der Waals surface area contributed by atoms with Gasteiger partial charge in [0.15, 0.2) is 9.84 Å². The Labute approximate surface area is 160 Å². The molecule has 7 heteroatoms. The third-order valence-electron chi connectivity index (χ3n) is 6.20. The first-order valence-electron chi connectivity index (χ1n) is 9.64. The van der Waals surface area contributed by atoms with Gasteiger partial charge in [0.2, 0.25) is 0 Å². The summed E-state index contributed by atoms with van der Waals surface area (Å²) in [6, 6.07) is 5.95. The van der Waals surface area contributed by atoms with Gasteiger partial charge in [-0.25, -0.2) is 13.2 Å². The minimum absolute atomic E-state index is 0.235. The Kier molecular flexibility index (Phi) is 5.60. The Morgan fingerprint density at radius 2 is 1.56 bits per heavy atom. The molecule has 2 fully saturated rings. The average molecular weight is 394 g/mol. The molecule has 148 valence electrons. The van der Waals surface area contributed by atoms with Gasteiger partial charge >= 0.3 is 5.97 Å². The van der Waals surface area contributed by atoms with Crippen molar-refractivity contribution in [1.29, 1.82) is 0 Å². The second-order valence-corrected chi connectivity index (χ2v) is 9.97. The van der Waals surface area contributed by atoms with E-state index in [1.807, 2.05) is 0 Å². The van der Waals surface area contributed by atoms with E-state index in [0.29, 0.717) is 31.2 Å². The Morgan fingerprint density at radius 3 is 2.07 bits per heavy atom. The SMILES string of the molecule is CN(C(=O)c1ccc(S(=O)(=O)C2CCCC2)cc1)C1(C(=O)O)CCCCC1. The molecule has 0 radical (unpaired) electrons. The minimum Gasteiger partial charge on any atom is -0.479 e. The number of nitrogens with zero attached hydrogens (tertiary/aromatic N) is 1. The lowest BCUT2D eigenvalue weighted by Crippen LogP contribution is -2.56. The molecule has 0 bridgehead atoms. The van der Waals surface area contributed by atoms with E-state index in [-0.39, 0.29) is 16.1 Å². The molecule has 0 saturated heterocycles. The summed E-state index contributed by atoms with van der Waals surface area (Å²) in [4.78, 5) is 26.4. The average Bonchev–Trinajstić information content (AvgIpc) is 3.23. The van der Waals surface area contributed by atoms with Crippen LogP contribution in [0, 0.1) is 0 Å². The number of rotatable bonds is 5. The summed E-state index contributed by atoms with van der Waals surface area (Å²) in [5, 5.41) is 9.42. The van der Waals surface area contributed by atoms with Crippen LogP contribution in [0.5, 0.6) is 0 Å². The van der Waals surface area contributed by atoms with Crippen LogP contribution in [-0.4, -0.2) is 48.1 Å². The molecule has 1 aromatic rings. The molecule has 1 aromatic carbocycles. The van der Waals surface area contributed by atoms with Gasteiger partial charge < -0.3 is 10.0 Å². The van der Waals surface area contributed by atoms with E-state index in [0.717, 1.165) is 32.1 Å². The molecule has 6 nitrogen and oxygen atoms in total. The second-order valence-electron chi connectivity index (χ2n) is 7.74. The van der Waals surface area contributed by atoms with E-state index in [2.05, 4.69) is 0 Å². The third-order valence-corrected chi connectivity index (χ3v) is 8.47. The first-order chi connectivity index (χ1) is 12.8. The Balaban J connectivity index is 1.82. The van der Waals surface area contributed by atoms with Crippen molar-refractivity contribution in [2.24, 2.45) is 0 Å². The fourth-order valence-electron chi connectivity index (χ4n) is 4.40. The van der Waals surface area contributed by atoms with Crippen molar-refractivity contribution in [1.82, 2.24) is 4.90 Å². The van der Waals surface area contributed by atoms with E-state index < -0.39 is 21.3 Å². The molecule has 0 spiro atoms. The molecule has 2 saturated carbocycles. The van der Waals surface area contributed by atoms with Gasteiger partial charge in [-0.1, -0.05) is 32.1 Å². The van der Waals surface area contributed by atoms with Gasteiger partial charge in [0.25, 0.3) is 5.91 Å². The van der Waals surface area contributed by atoms with Crippen LogP contribution in [0.4, 0.5) is 0 Å². The fourth-order valence-corrected chi connectivity index (χ4v) is 6.25. The van der Waals surface area contributed by atoms with E-state index in [1.165, 1.54) is 36.2 Å². The number of hydrogen-bond acceptors (Lipinski definition) is 4. The van der Waals surface area contributed by atoms with Gasteiger partial charge in [-0.3, -0.25) is 4.79 Å². The third kappa shape index (κ3) is 3.61. The highest BCUT2D eigenvalue weighted by molar-refractivity contribution is 7.92. The van der Waals surface area contributed by atoms with Crippen molar-refractivity contribution in [2.75, 3.05) is 7.05 Å². The highest BCUT2D eigenvalue weighted by Gasteiger charge is 2.45. The number of hydrogen-bond donors (Lipinski definition) is 1. The zero-order valence-electron chi connectivity index (χ0n) is 15.7. The number of amides is 1. The van der Waals surface area contributed by atoms with E-state index in [9.17, 15) is 23.1 Å². The Hall–Kier alpha value is -1.89. The molecule has 0 aliphatic heterocycles. The lowest BCUT2D eigenvalue weighted by Gasteiger charge is -2.41. The molecule has 1 amide bonds. The van der Waals surface area contributed by atoms with Crippen LogP contribution in [-0.2, 0) is 14.6 Å². The summed E-state index contributed by atoms with van der Waals surface area (Å²) in [5.41, 5.74) is -0.863. The topological polar surface area (TPSA) is 91.8 Å². The molecule has 2 aliphatic carbocycles. The second kappa shape index (κ2) is 7.62. The minimum atomic E-state index is -3.37. The molecule has 0 unspecified atom stereocenters. The van der Waals surface area contributed by atoms with Crippen LogP contribution in [0.1, 0.15) is 68.1 Å². The zero-order valence-corrected chi connectivity index (χ0v) is 16.5. The van der Waals surface area contributed by atoms with Crippen molar-refractivity contribution in [3.63, 3.8) is 0 Å². The zero-order chi connectivity index (χ0) is 19.7. The number of likely N-dealkylation sites (N-methyl/N-ethyl adjacent to an activating group) is 1. The normalized spacial score (nSPS) is 20.3. The first-order valence-corrected chi connectivity index (χ1v) is 11.2. The molecule has 0 aromatic heterocycles. The van der Waals surface area contributed by atoms with Crippen LogP contribution in [0.25, 0.3) is 0 Å². The summed E-state index contributed by atoms with van der Waals surface area (Å²) in [7, 11) is -1.83. The highest BCUT2D eigenvalue weighted by atomic mass is 32.2. The van der Waals surface area contributed by atoms with Crippen molar-refractivity contribution < 1.29 is 23.1 Å². The van der Waals surface area contributed by atoms with Crippen molar-refractivity contribution in [2.45, 2.75) is 73.5 Å². The van der Waals surface area contributed by atoms with Crippen molar-refractivity contribution in [3.8, 4) is 0 Å². The van der Waals surface area contributed by atoms with Crippen LogP contribution < -0.4 is 0 Å². The molecule has 3 rings (SSSR count). The van der Waals surface area contributed by atoms with Gasteiger partial charge in [-0.15, -0.1) is 0 Å². The number of sulfone groups is 1. The Bertz CT molecular complexity index is 803. The van der Waals surface area contributed by atoms with E-state index in [4.69, 9.17) is 0 Å². The molecule has 0 heterocycles. The van der Waals surface area contributed by atoms with E-state index >= 15 is 0 Å². The first kappa shape index (κ1) is 19.9. The number of benzene rings is 1. The summed E-state index contributed by atoms with van der Waals surface area (Å²) < 4.78 is 25.3. The number of aliphatic carboxylic acids is 1. The summed E-state index contributed by atoms with van der Waals surface area (Å²) >= 11 is 0. The number of carbonyl (C=O) groups is 2. The molecule has 2 aliphatic rings. The summed E-state index contributed by atoms with van der Waals surface area (Å²) in [6.07, 6.45) is 6.66. The van der Waals surface area contributed by atoms with Crippen molar-refractivity contribution in [3.05, 3.63) is 29.8 Å². The lowest BCUT2D eigenvalue weighted by molar-refractivity contribution is -0.151. The maximum absolute atomic E-state index is 12.9. The van der Waals surface area contributed by atoms with Gasteiger partial charge in [0, 0.05) is 12.6 Å². The van der Waals surface area contributed by atoms with Crippen LogP contribution in [0.3, 0.4) is 0 Å². The monoisotopic (exact) mass is 393 g/mol. The van der Waals surface area contributed by atoms with Gasteiger partial charge in [0.05, 0.1) is 10.1 Å². The van der Waals surface area contributed by atoms with Gasteiger partial charge in [0.1, 0.15) is 5.54 Å². The predicted molar refractivity (Wildman–Crippen MR) is 101 cm³/mol. The largest absolute Gasteiger partial charge is 0.479 e. The molecule has 0 atom stereocenters. The standard InChI is InChI=1S/C20H27NO5S/c1-21(20(19(23)24)13-5-2-6-14-20)18(22)15-9-11-17(12-10-15)27(25,26)16-7-3-4-8-16/h9-12,16H,2-8,13-14H2,1H3,(H,23,24). The lowest BCUT2D eigenvalue weighted by atomic mass is 9.80. The van der Waals surface area contributed by atoms with Crippen LogP contribution >= 0.6 is 0 Å². The molecule has 1 N–H and O–H groups in total. The highest BCUT2D eigenvalue weighted by Crippen LogP contribution is 2.34. The summed E-state index contributed by atoms with van der Waals surface area (Å²) in [6.45, 7) is 0. The number of carboxylic acid groups (broad SMARTS) is 1. The van der Waals surface area contributed by atoms with Crippen molar-refractivity contribution >= 4 is 21.7 Å².